The summed E-state index contributed by atoms with van der Waals surface area (Å²) in [7, 11) is 1.64. The standard InChI is InChI=1S/C15H18F2N2O/c1-20-9-7-18-10-12-4-3-8-19(12)11-13-14(16)5-2-6-15(13)17/h2-6,8,18H,7,9-11H2,1H3. The number of rotatable bonds is 7. The van der Waals surface area contributed by atoms with Crippen LogP contribution >= 0.6 is 0 Å². The summed E-state index contributed by atoms with van der Waals surface area (Å²) in [5.74, 6) is -1.03. The van der Waals surface area contributed by atoms with E-state index in [1.807, 2.05) is 22.9 Å². The third-order valence-corrected chi connectivity index (χ3v) is 3.10. The van der Waals surface area contributed by atoms with Gasteiger partial charge in [0.1, 0.15) is 11.6 Å². The molecule has 0 aliphatic carbocycles. The van der Waals surface area contributed by atoms with Crippen molar-refractivity contribution in [3.8, 4) is 0 Å². The molecule has 0 bridgehead atoms. The zero-order valence-corrected chi connectivity index (χ0v) is 11.4. The molecule has 1 aromatic carbocycles. The number of nitrogens with one attached hydrogen (secondary N) is 1. The van der Waals surface area contributed by atoms with Gasteiger partial charge in [0.15, 0.2) is 0 Å². The Hall–Kier alpha value is -1.72. The van der Waals surface area contributed by atoms with E-state index in [1.165, 1.54) is 18.2 Å². The molecule has 0 spiro atoms. The summed E-state index contributed by atoms with van der Waals surface area (Å²) in [5.41, 5.74) is 1.06. The molecule has 5 heteroatoms. The van der Waals surface area contributed by atoms with Gasteiger partial charge in [0.2, 0.25) is 0 Å². The number of nitrogens with zero attached hydrogens (tertiary/aromatic N) is 1. The van der Waals surface area contributed by atoms with Crippen LogP contribution in [-0.2, 0) is 17.8 Å². The molecule has 0 unspecified atom stereocenters. The van der Waals surface area contributed by atoms with Gasteiger partial charge < -0.3 is 14.6 Å². The van der Waals surface area contributed by atoms with Crippen LogP contribution in [0.25, 0.3) is 0 Å². The van der Waals surface area contributed by atoms with Gasteiger partial charge in [-0.1, -0.05) is 6.07 Å². The number of halogens is 2. The molecule has 0 saturated heterocycles. The second-order valence-corrected chi connectivity index (χ2v) is 4.50. The van der Waals surface area contributed by atoms with E-state index in [2.05, 4.69) is 5.32 Å². The molecule has 0 aliphatic heterocycles. The summed E-state index contributed by atoms with van der Waals surface area (Å²) < 4.78 is 34.1. The number of ether oxygens (including phenoxy) is 1. The second-order valence-electron chi connectivity index (χ2n) is 4.50. The van der Waals surface area contributed by atoms with Crippen molar-refractivity contribution in [2.75, 3.05) is 20.3 Å². The fourth-order valence-electron chi connectivity index (χ4n) is 2.01. The van der Waals surface area contributed by atoms with Crippen LogP contribution in [-0.4, -0.2) is 24.8 Å². The van der Waals surface area contributed by atoms with E-state index in [9.17, 15) is 8.78 Å². The minimum absolute atomic E-state index is 0.0850. The summed E-state index contributed by atoms with van der Waals surface area (Å²) >= 11 is 0. The molecule has 2 aromatic rings. The van der Waals surface area contributed by atoms with E-state index < -0.39 is 11.6 Å². The van der Waals surface area contributed by atoms with Crippen LogP contribution in [0.4, 0.5) is 8.78 Å². The zero-order chi connectivity index (χ0) is 14.4. The van der Waals surface area contributed by atoms with Crippen molar-refractivity contribution in [2.45, 2.75) is 13.1 Å². The average molecular weight is 280 g/mol. The Bertz CT molecular complexity index is 534. The third-order valence-electron chi connectivity index (χ3n) is 3.10. The third kappa shape index (κ3) is 3.65. The molecule has 1 aromatic heterocycles. The molecule has 20 heavy (non-hydrogen) atoms. The maximum absolute atomic E-state index is 13.6. The zero-order valence-electron chi connectivity index (χ0n) is 11.4. The molecule has 1 N–H and O–H groups in total. The Morgan fingerprint density at radius 2 is 1.90 bits per heavy atom. The lowest BCUT2D eigenvalue weighted by Gasteiger charge is -2.11. The monoisotopic (exact) mass is 280 g/mol. The van der Waals surface area contributed by atoms with Crippen LogP contribution < -0.4 is 5.32 Å². The van der Waals surface area contributed by atoms with Crippen molar-refractivity contribution in [1.82, 2.24) is 9.88 Å². The minimum atomic E-state index is -0.517. The molecular formula is C15H18F2N2O. The van der Waals surface area contributed by atoms with Gasteiger partial charge in [-0.25, -0.2) is 8.78 Å². The summed E-state index contributed by atoms with van der Waals surface area (Å²) in [6.45, 7) is 2.18. The number of benzene rings is 1. The quantitative estimate of drug-likeness (QED) is 0.789. The first-order chi connectivity index (χ1) is 9.72. The SMILES string of the molecule is COCCNCc1cccn1Cc1c(F)cccc1F. The minimum Gasteiger partial charge on any atom is -0.383 e. The highest BCUT2D eigenvalue weighted by atomic mass is 19.1. The van der Waals surface area contributed by atoms with Crippen LogP contribution in [0.15, 0.2) is 36.5 Å². The average Bonchev–Trinajstić information content (AvgIpc) is 2.87. The molecule has 2 rings (SSSR count). The molecule has 0 atom stereocenters. The lowest BCUT2D eigenvalue weighted by molar-refractivity contribution is 0.199. The number of hydrogen-bond donors (Lipinski definition) is 1. The Balaban J connectivity index is 2.05. The fraction of sp³-hybridized carbons (Fsp3) is 0.333. The molecule has 0 aliphatic rings. The predicted octanol–water partition coefficient (Wildman–Crippen LogP) is 2.55. The predicted molar refractivity (Wildman–Crippen MR) is 73.5 cm³/mol. The molecule has 0 saturated carbocycles. The highest BCUT2D eigenvalue weighted by molar-refractivity contribution is 5.21. The van der Waals surface area contributed by atoms with E-state index in [0.717, 1.165) is 12.2 Å². The smallest absolute Gasteiger partial charge is 0.131 e. The van der Waals surface area contributed by atoms with Gasteiger partial charge in [0, 0.05) is 37.7 Å². The Labute approximate surface area is 117 Å². The summed E-state index contributed by atoms with van der Waals surface area (Å²) in [4.78, 5) is 0. The van der Waals surface area contributed by atoms with E-state index in [0.29, 0.717) is 13.2 Å². The Morgan fingerprint density at radius 1 is 1.15 bits per heavy atom. The molecule has 108 valence electrons. The van der Waals surface area contributed by atoms with E-state index in [1.54, 1.807) is 7.11 Å². The molecule has 0 radical (unpaired) electrons. The van der Waals surface area contributed by atoms with Gasteiger partial charge in [0.05, 0.1) is 13.2 Å². The van der Waals surface area contributed by atoms with E-state index in [4.69, 9.17) is 4.74 Å². The molecule has 1 heterocycles. The van der Waals surface area contributed by atoms with Crippen LogP contribution in [0.1, 0.15) is 11.3 Å². The highest BCUT2D eigenvalue weighted by Crippen LogP contribution is 2.15. The van der Waals surface area contributed by atoms with Crippen molar-refractivity contribution >= 4 is 0 Å². The van der Waals surface area contributed by atoms with Crippen LogP contribution in [0.2, 0.25) is 0 Å². The van der Waals surface area contributed by atoms with Gasteiger partial charge in [-0.05, 0) is 24.3 Å². The van der Waals surface area contributed by atoms with Crippen molar-refractivity contribution in [2.24, 2.45) is 0 Å². The molecule has 3 nitrogen and oxygen atoms in total. The summed E-state index contributed by atoms with van der Waals surface area (Å²) in [5, 5.41) is 3.21. The normalized spacial score (nSPS) is 10.9. The number of aromatic nitrogens is 1. The van der Waals surface area contributed by atoms with Crippen molar-refractivity contribution in [3.63, 3.8) is 0 Å². The fourth-order valence-corrected chi connectivity index (χ4v) is 2.01. The number of hydrogen-bond acceptors (Lipinski definition) is 2. The van der Waals surface area contributed by atoms with Crippen LogP contribution in [0.3, 0.4) is 0 Å². The topological polar surface area (TPSA) is 26.2 Å². The lowest BCUT2D eigenvalue weighted by Crippen LogP contribution is -2.20. The maximum atomic E-state index is 13.6. The first-order valence-electron chi connectivity index (χ1n) is 6.49. The molecular weight excluding hydrogens is 262 g/mol. The lowest BCUT2D eigenvalue weighted by atomic mass is 10.2. The van der Waals surface area contributed by atoms with Crippen molar-refractivity contribution in [1.29, 1.82) is 0 Å². The van der Waals surface area contributed by atoms with Gasteiger partial charge in [-0.15, -0.1) is 0 Å². The highest BCUT2D eigenvalue weighted by Gasteiger charge is 2.10. The van der Waals surface area contributed by atoms with Gasteiger partial charge in [-0.3, -0.25) is 0 Å². The summed E-state index contributed by atoms with van der Waals surface area (Å²) in [6.07, 6.45) is 1.82. The van der Waals surface area contributed by atoms with Crippen LogP contribution in [0.5, 0.6) is 0 Å². The van der Waals surface area contributed by atoms with Gasteiger partial charge >= 0.3 is 0 Å². The van der Waals surface area contributed by atoms with Crippen molar-refractivity contribution in [3.05, 3.63) is 59.4 Å². The Kier molecular flexibility index (Phi) is 5.26. The molecule has 0 fully saturated rings. The molecule has 0 amide bonds. The second kappa shape index (κ2) is 7.17. The number of methoxy groups -OCH3 is 1. The first-order valence-corrected chi connectivity index (χ1v) is 6.49. The van der Waals surface area contributed by atoms with Crippen LogP contribution in [0, 0.1) is 11.6 Å². The van der Waals surface area contributed by atoms with E-state index in [-0.39, 0.29) is 12.1 Å². The van der Waals surface area contributed by atoms with E-state index >= 15 is 0 Å². The summed E-state index contributed by atoms with van der Waals surface area (Å²) in [6, 6.07) is 7.72. The maximum Gasteiger partial charge on any atom is 0.131 e. The Morgan fingerprint density at radius 3 is 2.60 bits per heavy atom. The van der Waals surface area contributed by atoms with Gasteiger partial charge in [0.25, 0.3) is 0 Å². The first kappa shape index (κ1) is 14.7. The van der Waals surface area contributed by atoms with Gasteiger partial charge in [-0.2, -0.15) is 0 Å². The largest absolute Gasteiger partial charge is 0.383 e. The van der Waals surface area contributed by atoms with Crippen molar-refractivity contribution < 1.29 is 13.5 Å².